The van der Waals surface area contributed by atoms with Gasteiger partial charge in [0, 0.05) is 42.6 Å². The van der Waals surface area contributed by atoms with Crippen LogP contribution in [-0.2, 0) is 5.41 Å². The summed E-state index contributed by atoms with van der Waals surface area (Å²) in [5.74, 6) is 0. The molecule has 10 aromatic carbocycles. The SMILES string of the molecule is CC.CC.Cc1ccc2c(c1)sc1ccccc12.Cc1ccccc1-c1cccc(-c2c(C)cccc2-c2ccc3c(c2)C(C)(C)c2cc(N(c4ccccc4)c4ccc(-c5ccccc5)cc4)ccc2-3)c1C. The van der Waals surface area contributed by atoms with Crippen molar-refractivity contribution >= 4 is 48.6 Å². The largest absolute Gasteiger partial charge is 0.310 e. The summed E-state index contributed by atoms with van der Waals surface area (Å²) in [5, 5.41) is 2.77. The molecule has 0 aliphatic heterocycles. The van der Waals surface area contributed by atoms with Gasteiger partial charge in [-0.15, -0.1) is 11.3 Å². The van der Waals surface area contributed by atoms with E-state index in [4.69, 9.17) is 0 Å². The van der Waals surface area contributed by atoms with Crippen molar-refractivity contribution in [2.75, 3.05) is 4.90 Å². The Kier molecular flexibility index (Phi) is 15.1. The van der Waals surface area contributed by atoms with Gasteiger partial charge in [0.2, 0.25) is 0 Å². The molecule has 0 N–H and O–H groups in total. The molecule has 73 heavy (non-hydrogen) atoms. The van der Waals surface area contributed by atoms with Gasteiger partial charge in [0.15, 0.2) is 0 Å². The van der Waals surface area contributed by atoms with Crippen LogP contribution in [0, 0.1) is 27.7 Å². The molecule has 0 spiro atoms. The molecule has 362 valence electrons. The number of thiophene rings is 1. The van der Waals surface area contributed by atoms with E-state index in [1.165, 1.54) is 109 Å². The Hall–Kier alpha value is -7.78. The van der Waals surface area contributed by atoms with Crippen molar-refractivity contribution in [3.63, 3.8) is 0 Å². The van der Waals surface area contributed by atoms with Gasteiger partial charge >= 0.3 is 0 Å². The highest BCUT2D eigenvalue weighted by Crippen LogP contribution is 2.52. The molecule has 0 bridgehead atoms. The number of para-hydroxylation sites is 1. The molecule has 1 aromatic heterocycles. The molecule has 0 saturated heterocycles. The van der Waals surface area contributed by atoms with Crippen LogP contribution >= 0.6 is 11.3 Å². The highest BCUT2D eigenvalue weighted by atomic mass is 32.1. The molecule has 0 unspecified atom stereocenters. The van der Waals surface area contributed by atoms with Crippen molar-refractivity contribution in [2.45, 2.75) is 74.7 Å². The minimum Gasteiger partial charge on any atom is -0.310 e. The van der Waals surface area contributed by atoms with Gasteiger partial charge < -0.3 is 4.90 Å². The van der Waals surface area contributed by atoms with Crippen molar-refractivity contribution in [1.29, 1.82) is 0 Å². The Balaban J connectivity index is 0.000000308. The lowest BCUT2D eigenvalue weighted by molar-refractivity contribution is 0.660. The van der Waals surface area contributed by atoms with E-state index in [1.54, 1.807) is 0 Å². The number of rotatable bonds is 7. The summed E-state index contributed by atoms with van der Waals surface area (Å²) in [5.41, 5.74) is 24.0. The van der Waals surface area contributed by atoms with Gasteiger partial charge in [-0.2, -0.15) is 0 Å². The summed E-state index contributed by atoms with van der Waals surface area (Å²) in [6.07, 6.45) is 0. The molecular weight excluding hydrogens is 899 g/mol. The van der Waals surface area contributed by atoms with Crippen molar-refractivity contribution in [1.82, 2.24) is 0 Å². The third kappa shape index (κ3) is 9.81. The summed E-state index contributed by atoms with van der Waals surface area (Å²) < 4.78 is 2.78. The second-order valence-electron chi connectivity index (χ2n) is 19.1. The zero-order chi connectivity index (χ0) is 51.2. The fourth-order valence-electron chi connectivity index (χ4n) is 10.7. The zero-order valence-corrected chi connectivity index (χ0v) is 45.0. The first-order valence-corrected chi connectivity index (χ1v) is 26.9. The maximum absolute atomic E-state index is 2.46. The molecule has 0 amide bonds. The Morgan fingerprint density at radius 3 is 1.60 bits per heavy atom. The number of aryl methyl sites for hydroxylation is 3. The molecular formula is C71H67NS. The average Bonchev–Trinajstić information content (AvgIpc) is 3.91. The van der Waals surface area contributed by atoms with Crippen LogP contribution in [0.4, 0.5) is 17.1 Å². The molecule has 0 atom stereocenters. The van der Waals surface area contributed by atoms with Gasteiger partial charge in [-0.3, -0.25) is 0 Å². The molecule has 0 saturated carbocycles. The third-order valence-corrected chi connectivity index (χ3v) is 15.5. The second kappa shape index (κ2) is 21.9. The normalized spacial score (nSPS) is 11.8. The smallest absolute Gasteiger partial charge is 0.0465 e. The Morgan fingerprint density at radius 1 is 0.342 bits per heavy atom. The quantitative estimate of drug-likeness (QED) is 0.154. The molecule has 1 aliphatic rings. The van der Waals surface area contributed by atoms with E-state index in [-0.39, 0.29) is 5.41 Å². The highest BCUT2D eigenvalue weighted by molar-refractivity contribution is 7.25. The van der Waals surface area contributed by atoms with E-state index in [1.807, 2.05) is 39.0 Å². The molecule has 0 radical (unpaired) electrons. The van der Waals surface area contributed by atoms with Crippen molar-refractivity contribution in [3.8, 4) is 55.6 Å². The van der Waals surface area contributed by atoms with Crippen LogP contribution in [0.15, 0.2) is 224 Å². The Bertz CT molecular complexity index is 3670. The van der Waals surface area contributed by atoms with E-state index in [0.717, 1.165) is 17.1 Å². The number of fused-ring (bicyclic) bond motifs is 6. The molecule has 1 heterocycles. The van der Waals surface area contributed by atoms with E-state index in [9.17, 15) is 0 Å². The van der Waals surface area contributed by atoms with Gasteiger partial charge in [0.05, 0.1) is 0 Å². The molecule has 0 fully saturated rings. The molecule has 2 heteroatoms. The predicted octanol–water partition coefficient (Wildman–Crippen LogP) is 21.5. The highest BCUT2D eigenvalue weighted by Gasteiger charge is 2.36. The summed E-state index contributed by atoms with van der Waals surface area (Å²) in [6, 6.07) is 82.0. The first-order chi connectivity index (χ1) is 35.6. The van der Waals surface area contributed by atoms with E-state index in [2.05, 4.69) is 271 Å². The van der Waals surface area contributed by atoms with Gasteiger partial charge in [-0.25, -0.2) is 0 Å². The lowest BCUT2D eigenvalue weighted by Gasteiger charge is -2.28. The average molecular weight is 966 g/mol. The van der Waals surface area contributed by atoms with Crippen LogP contribution in [0.2, 0.25) is 0 Å². The molecule has 12 rings (SSSR count). The first kappa shape index (κ1) is 50.2. The van der Waals surface area contributed by atoms with Crippen LogP contribution < -0.4 is 4.90 Å². The minimum atomic E-state index is -0.194. The minimum absolute atomic E-state index is 0.194. The van der Waals surface area contributed by atoms with Crippen LogP contribution in [0.25, 0.3) is 75.8 Å². The summed E-state index contributed by atoms with van der Waals surface area (Å²) in [6.45, 7) is 21.7. The van der Waals surface area contributed by atoms with Gasteiger partial charge in [-0.05, 0) is 171 Å². The summed E-state index contributed by atoms with van der Waals surface area (Å²) in [4.78, 5) is 2.38. The van der Waals surface area contributed by atoms with Crippen molar-refractivity contribution in [2.24, 2.45) is 0 Å². The standard InChI is InChI=1S/C54H45N.C13H10S.2C2H6/c1-36-16-12-13-22-45(36)46-23-15-24-47(38(46)3)53-37(2)17-14-25-48(53)41-28-32-49-50-33-31-44(35-52(50)54(4,5)51(49)34-41)55(42-20-10-7-11-21-42)43-29-26-40(27-30-43)39-18-8-6-9-19-39;1-9-6-7-11-10-4-2-3-5-12(10)14-13(11)8-9;2*1-2/h6-35H,1-5H3;2-8H,1H3;2*1-2H3. The fraction of sp³-hybridized carbons (Fsp3) is 0.155. The maximum Gasteiger partial charge on any atom is 0.0465 e. The van der Waals surface area contributed by atoms with E-state index < -0.39 is 0 Å². The number of hydrogen-bond acceptors (Lipinski definition) is 2. The van der Waals surface area contributed by atoms with E-state index >= 15 is 0 Å². The van der Waals surface area contributed by atoms with Crippen molar-refractivity contribution in [3.05, 3.63) is 258 Å². The second-order valence-corrected chi connectivity index (χ2v) is 20.2. The van der Waals surface area contributed by atoms with Crippen LogP contribution in [-0.4, -0.2) is 0 Å². The predicted molar refractivity (Wildman–Crippen MR) is 321 cm³/mol. The monoisotopic (exact) mass is 965 g/mol. The first-order valence-electron chi connectivity index (χ1n) is 26.1. The lowest BCUT2D eigenvalue weighted by atomic mass is 9.80. The number of benzene rings is 10. The topological polar surface area (TPSA) is 3.24 Å². The van der Waals surface area contributed by atoms with Gasteiger partial charge in [0.1, 0.15) is 0 Å². The van der Waals surface area contributed by atoms with Crippen LogP contribution in [0.5, 0.6) is 0 Å². The third-order valence-electron chi connectivity index (χ3n) is 14.3. The molecule has 1 aliphatic carbocycles. The zero-order valence-electron chi connectivity index (χ0n) is 44.2. The number of anilines is 3. The summed E-state index contributed by atoms with van der Waals surface area (Å²) >= 11 is 1.88. The number of hydrogen-bond donors (Lipinski definition) is 0. The van der Waals surface area contributed by atoms with Crippen LogP contribution in [0.3, 0.4) is 0 Å². The van der Waals surface area contributed by atoms with E-state index in [0.29, 0.717) is 0 Å². The molecule has 1 nitrogen and oxygen atoms in total. The Morgan fingerprint density at radius 2 is 0.863 bits per heavy atom. The summed E-state index contributed by atoms with van der Waals surface area (Å²) in [7, 11) is 0. The molecule has 11 aromatic rings. The van der Waals surface area contributed by atoms with Gasteiger partial charge in [0.25, 0.3) is 0 Å². The maximum atomic E-state index is 2.46. The lowest BCUT2D eigenvalue weighted by Crippen LogP contribution is -2.16. The van der Waals surface area contributed by atoms with Crippen LogP contribution in [0.1, 0.15) is 74.9 Å². The van der Waals surface area contributed by atoms with Crippen molar-refractivity contribution < 1.29 is 0 Å². The fourth-order valence-corrected chi connectivity index (χ4v) is 11.9. The van der Waals surface area contributed by atoms with Gasteiger partial charge in [-0.1, -0.05) is 211 Å². The number of nitrogens with zero attached hydrogens (tertiary/aromatic N) is 1. The Labute approximate surface area is 439 Å².